The van der Waals surface area contributed by atoms with Crippen LogP contribution in [0.5, 0.6) is 0 Å². The molecule has 1 aromatic carbocycles. The monoisotopic (exact) mass is 357 g/mol. The Morgan fingerprint density at radius 2 is 2.09 bits per heavy atom. The van der Waals surface area contributed by atoms with E-state index in [1.807, 2.05) is 18.2 Å². The van der Waals surface area contributed by atoms with Crippen molar-refractivity contribution >= 4 is 30.7 Å². The van der Waals surface area contributed by atoms with E-state index < -0.39 is 7.75 Å². The van der Waals surface area contributed by atoms with Gasteiger partial charge >= 0.3 is 7.75 Å². The summed E-state index contributed by atoms with van der Waals surface area (Å²) in [5.41, 5.74) is 2.55. The summed E-state index contributed by atoms with van der Waals surface area (Å²) in [5, 5.41) is 8.67. The average molecular weight is 358 g/mol. The standard InChI is InChI=1S/C15H21ClN3O3P/c1-4-21-23(20,22-5-2)19-10-15(3)9-17-13-8-11(16)6-7-12(13)14(15)18-19/h6-8,17H,4-5,9-10H2,1-3H3. The maximum absolute atomic E-state index is 13.0. The van der Waals surface area contributed by atoms with Crippen LogP contribution in [0.15, 0.2) is 23.3 Å². The summed E-state index contributed by atoms with van der Waals surface area (Å²) < 4.78 is 25.3. The number of hydrogen-bond acceptors (Lipinski definition) is 5. The number of benzene rings is 1. The fraction of sp³-hybridized carbons (Fsp3) is 0.533. The van der Waals surface area contributed by atoms with Crippen molar-refractivity contribution in [3.8, 4) is 0 Å². The molecule has 0 saturated heterocycles. The number of nitrogens with zero attached hydrogens (tertiary/aromatic N) is 2. The maximum Gasteiger partial charge on any atom is 0.450 e. The predicted octanol–water partition coefficient (Wildman–Crippen LogP) is 3.97. The van der Waals surface area contributed by atoms with Gasteiger partial charge in [0.15, 0.2) is 0 Å². The summed E-state index contributed by atoms with van der Waals surface area (Å²) in [4.78, 5) is 0. The zero-order valence-corrected chi connectivity index (χ0v) is 15.2. The minimum atomic E-state index is -3.41. The van der Waals surface area contributed by atoms with Gasteiger partial charge in [-0.1, -0.05) is 18.5 Å². The molecule has 0 radical (unpaired) electrons. The first-order valence-corrected chi connectivity index (χ1v) is 9.59. The van der Waals surface area contributed by atoms with Crippen LogP contribution in [0.2, 0.25) is 5.02 Å². The van der Waals surface area contributed by atoms with Crippen molar-refractivity contribution in [2.75, 3.05) is 31.6 Å². The molecule has 3 rings (SSSR count). The molecule has 23 heavy (non-hydrogen) atoms. The highest BCUT2D eigenvalue weighted by molar-refractivity contribution is 7.51. The van der Waals surface area contributed by atoms with Gasteiger partial charge in [0, 0.05) is 28.2 Å². The lowest BCUT2D eigenvalue weighted by Crippen LogP contribution is -2.41. The molecule has 2 aliphatic heterocycles. The lowest BCUT2D eigenvalue weighted by molar-refractivity contribution is 0.165. The van der Waals surface area contributed by atoms with Crippen LogP contribution in [-0.2, 0) is 13.6 Å². The normalized spacial score (nSPS) is 23.1. The number of hydrazone groups is 1. The Labute approximate surface area is 141 Å². The third kappa shape index (κ3) is 2.89. The molecule has 2 heterocycles. The molecule has 1 unspecified atom stereocenters. The van der Waals surface area contributed by atoms with Crippen LogP contribution in [0.4, 0.5) is 5.69 Å². The Balaban J connectivity index is 2.01. The van der Waals surface area contributed by atoms with Crippen molar-refractivity contribution in [1.29, 1.82) is 0 Å². The molecule has 0 aliphatic carbocycles. The number of anilines is 1. The fourth-order valence-corrected chi connectivity index (χ4v) is 4.82. The maximum atomic E-state index is 13.0. The smallest absolute Gasteiger partial charge is 0.383 e. The van der Waals surface area contributed by atoms with E-state index in [1.54, 1.807) is 13.8 Å². The molecule has 6 nitrogen and oxygen atoms in total. The SMILES string of the molecule is CCOP(=O)(OCC)N1CC2(C)CNc3cc(Cl)ccc3C2=N1. The minimum absolute atomic E-state index is 0.259. The Morgan fingerprint density at radius 3 is 2.74 bits per heavy atom. The molecule has 0 aromatic heterocycles. The van der Waals surface area contributed by atoms with Crippen LogP contribution in [0.3, 0.4) is 0 Å². The van der Waals surface area contributed by atoms with Crippen molar-refractivity contribution in [3.63, 3.8) is 0 Å². The molecule has 1 aromatic rings. The van der Waals surface area contributed by atoms with Crippen LogP contribution in [0.25, 0.3) is 0 Å². The second-order valence-corrected chi connectivity index (χ2v) is 8.24. The van der Waals surface area contributed by atoms with Gasteiger partial charge in [-0.3, -0.25) is 9.05 Å². The van der Waals surface area contributed by atoms with Gasteiger partial charge in [0.1, 0.15) is 0 Å². The summed E-state index contributed by atoms with van der Waals surface area (Å²) in [5.74, 6) is 0. The number of halogens is 1. The second kappa shape index (κ2) is 6.10. The van der Waals surface area contributed by atoms with E-state index in [2.05, 4.69) is 17.3 Å². The van der Waals surface area contributed by atoms with Gasteiger partial charge < -0.3 is 5.32 Å². The van der Waals surface area contributed by atoms with Gasteiger partial charge in [-0.05, 0) is 32.0 Å². The first-order valence-electron chi connectivity index (χ1n) is 7.72. The number of hydrogen-bond donors (Lipinski definition) is 1. The second-order valence-electron chi connectivity index (χ2n) is 5.89. The van der Waals surface area contributed by atoms with Crippen molar-refractivity contribution < 1.29 is 13.6 Å². The highest BCUT2D eigenvalue weighted by Gasteiger charge is 2.48. The molecule has 8 heteroatoms. The van der Waals surface area contributed by atoms with Gasteiger partial charge in [-0.25, -0.2) is 4.57 Å². The Morgan fingerprint density at radius 1 is 1.39 bits per heavy atom. The van der Waals surface area contributed by atoms with Crippen LogP contribution in [0, 0.1) is 5.41 Å². The third-order valence-electron chi connectivity index (χ3n) is 4.05. The summed E-state index contributed by atoms with van der Waals surface area (Å²) in [7, 11) is -3.41. The highest BCUT2D eigenvalue weighted by Crippen LogP contribution is 2.56. The molecule has 1 atom stereocenters. The first kappa shape index (κ1) is 16.8. The minimum Gasteiger partial charge on any atom is -0.383 e. The van der Waals surface area contributed by atoms with Gasteiger partial charge in [-0.2, -0.15) is 9.88 Å². The quantitative estimate of drug-likeness (QED) is 0.808. The van der Waals surface area contributed by atoms with Crippen molar-refractivity contribution in [3.05, 3.63) is 28.8 Å². The predicted molar refractivity (Wildman–Crippen MR) is 92.2 cm³/mol. The zero-order valence-electron chi connectivity index (χ0n) is 13.5. The van der Waals surface area contributed by atoms with Crippen molar-refractivity contribution in [2.45, 2.75) is 20.8 Å². The average Bonchev–Trinajstić information content (AvgIpc) is 2.86. The van der Waals surface area contributed by atoms with Gasteiger partial charge in [0.25, 0.3) is 0 Å². The van der Waals surface area contributed by atoms with E-state index in [4.69, 9.17) is 20.6 Å². The van der Waals surface area contributed by atoms with E-state index >= 15 is 0 Å². The van der Waals surface area contributed by atoms with Crippen LogP contribution >= 0.6 is 19.3 Å². The van der Waals surface area contributed by atoms with Crippen molar-refractivity contribution in [1.82, 2.24) is 4.78 Å². The number of rotatable bonds is 5. The third-order valence-corrected chi connectivity index (χ3v) is 6.25. The molecule has 0 saturated carbocycles. The fourth-order valence-electron chi connectivity index (χ4n) is 2.97. The lowest BCUT2D eigenvalue weighted by atomic mass is 9.79. The molecule has 1 N–H and O–H groups in total. The van der Waals surface area contributed by atoms with E-state index in [0.717, 1.165) is 17.0 Å². The Bertz CT molecular complexity index is 687. The molecule has 0 amide bonds. The van der Waals surface area contributed by atoms with E-state index in [1.165, 1.54) is 4.78 Å². The Hall–Kier alpha value is -1.07. The number of nitrogens with one attached hydrogen (secondary N) is 1. The summed E-state index contributed by atoms with van der Waals surface area (Å²) in [6.45, 7) is 7.46. The largest absolute Gasteiger partial charge is 0.450 e. The zero-order chi connectivity index (χ0) is 16.7. The summed E-state index contributed by atoms with van der Waals surface area (Å²) in [6.07, 6.45) is 0. The van der Waals surface area contributed by atoms with Crippen LogP contribution < -0.4 is 5.32 Å². The van der Waals surface area contributed by atoms with E-state index in [-0.39, 0.29) is 5.41 Å². The molecule has 2 aliphatic rings. The first-order chi connectivity index (χ1) is 10.9. The van der Waals surface area contributed by atoms with E-state index in [0.29, 0.717) is 31.3 Å². The number of fused-ring (bicyclic) bond motifs is 3. The van der Waals surface area contributed by atoms with Crippen LogP contribution in [0.1, 0.15) is 26.3 Å². The molecule has 126 valence electrons. The summed E-state index contributed by atoms with van der Waals surface area (Å²) in [6, 6.07) is 5.66. The van der Waals surface area contributed by atoms with E-state index in [9.17, 15) is 4.57 Å². The topological polar surface area (TPSA) is 63.2 Å². The lowest BCUT2D eigenvalue weighted by Gasteiger charge is -2.33. The Kier molecular flexibility index (Phi) is 4.45. The molecule has 0 bridgehead atoms. The highest BCUT2D eigenvalue weighted by atomic mass is 35.5. The van der Waals surface area contributed by atoms with Gasteiger partial charge in [0.05, 0.1) is 25.5 Å². The van der Waals surface area contributed by atoms with Crippen molar-refractivity contribution in [2.24, 2.45) is 10.5 Å². The molecule has 0 spiro atoms. The summed E-state index contributed by atoms with van der Waals surface area (Å²) >= 11 is 6.06. The van der Waals surface area contributed by atoms with Gasteiger partial charge in [0.2, 0.25) is 0 Å². The van der Waals surface area contributed by atoms with Crippen LogP contribution in [-0.4, -0.2) is 36.8 Å². The molecule has 0 fully saturated rings. The molecular weight excluding hydrogens is 337 g/mol. The molecular formula is C15H21ClN3O3P. The van der Waals surface area contributed by atoms with Gasteiger partial charge in [-0.15, -0.1) is 0 Å².